The van der Waals surface area contributed by atoms with Gasteiger partial charge in [0.15, 0.2) is 0 Å². The van der Waals surface area contributed by atoms with Crippen LogP contribution in [0.1, 0.15) is 22.6 Å². The molecule has 3 rings (SSSR count). The highest BCUT2D eigenvalue weighted by Crippen LogP contribution is 2.25. The Balaban J connectivity index is 1.70. The lowest BCUT2D eigenvalue weighted by molar-refractivity contribution is 0.305. The highest BCUT2D eigenvalue weighted by Gasteiger charge is 2.12. The molecular formula is C23H25NO2. The highest BCUT2D eigenvalue weighted by atomic mass is 16.5. The molecule has 0 bridgehead atoms. The number of benzene rings is 3. The van der Waals surface area contributed by atoms with Gasteiger partial charge in [0.1, 0.15) is 18.1 Å². The monoisotopic (exact) mass is 347 g/mol. The number of nitrogens with two attached hydrogens (primary N) is 1. The normalized spacial score (nSPS) is 11.8. The van der Waals surface area contributed by atoms with Gasteiger partial charge in [0.2, 0.25) is 0 Å². The Morgan fingerprint density at radius 1 is 0.808 bits per heavy atom. The summed E-state index contributed by atoms with van der Waals surface area (Å²) in [7, 11) is 1.69. The maximum absolute atomic E-state index is 6.07. The van der Waals surface area contributed by atoms with E-state index in [1.807, 2.05) is 42.5 Å². The molecule has 0 aliphatic heterocycles. The molecule has 0 spiro atoms. The topological polar surface area (TPSA) is 44.5 Å². The van der Waals surface area contributed by atoms with E-state index in [9.17, 15) is 0 Å². The van der Waals surface area contributed by atoms with Gasteiger partial charge in [-0.15, -0.1) is 0 Å². The minimum atomic E-state index is 0.238. The maximum atomic E-state index is 6.07. The van der Waals surface area contributed by atoms with Gasteiger partial charge < -0.3 is 15.2 Å². The molecule has 0 heterocycles. The number of rotatable bonds is 8. The molecule has 0 amide bonds. The van der Waals surface area contributed by atoms with Gasteiger partial charge >= 0.3 is 0 Å². The van der Waals surface area contributed by atoms with Crippen LogP contribution in [0.15, 0.2) is 78.9 Å². The average molecular weight is 347 g/mol. The molecule has 3 nitrogen and oxygen atoms in total. The predicted molar refractivity (Wildman–Crippen MR) is 106 cm³/mol. The molecular weight excluding hydrogens is 322 g/mol. The van der Waals surface area contributed by atoms with Gasteiger partial charge in [-0.05, 0) is 53.9 Å². The molecule has 1 unspecified atom stereocenters. The summed E-state index contributed by atoms with van der Waals surface area (Å²) in [4.78, 5) is 0. The van der Waals surface area contributed by atoms with Gasteiger partial charge in [-0.25, -0.2) is 0 Å². The number of hydrogen-bond donors (Lipinski definition) is 1. The van der Waals surface area contributed by atoms with E-state index in [1.165, 1.54) is 11.1 Å². The summed E-state index contributed by atoms with van der Waals surface area (Å²) in [5.74, 6) is 1.98. The molecule has 0 aromatic heterocycles. The van der Waals surface area contributed by atoms with Crippen molar-refractivity contribution in [1.29, 1.82) is 0 Å². The van der Waals surface area contributed by atoms with E-state index < -0.39 is 0 Å². The van der Waals surface area contributed by atoms with Crippen molar-refractivity contribution in [3.8, 4) is 11.5 Å². The zero-order valence-electron chi connectivity index (χ0n) is 15.1. The van der Waals surface area contributed by atoms with Crippen molar-refractivity contribution in [3.05, 3.63) is 95.6 Å². The van der Waals surface area contributed by atoms with Crippen LogP contribution in [0.4, 0.5) is 0 Å². The molecule has 0 fully saturated rings. The van der Waals surface area contributed by atoms with Crippen molar-refractivity contribution in [2.45, 2.75) is 18.9 Å². The maximum Gasteiger partial charge on any atom is 0.120 e. The van der Waals surface area contributed by atoms with E-state index >= 15 is 0 Å². The fourth-order valence-electron chi connectivity index (χ4n) is 3.02. The first-order valence-corrected chi connectivity index (χ1v) is 8.88. The Morgan fingerprint density at radius 3 is 2.31 bits per heavy atom. The van der Waals surface area contributed by atoms with Crippen LogP contribution >= 0.6 is 0 Å². The van der Waals surface area contributed by atoms with Crippen molar-refractivity contribution in [2.75, 3.05) is 13.7 Å². The lowest BCUT2D eigenvalue weighted by atomic mass is 9.92. The second kappa shape index (κ2) is 9.07. The van der Waals surface area contributed by atoms with Crippen molar-refractivity contribution in [1.82, 2.24) is 0 Å². The quantitative estimate of drug-likeness (QED) is 0.650. The van der Waals surface area contributed by atoms with Crippen LogP contribution in [-0.2, 0) is 13.0 Å². The van der Waals surface area contributed by atoms with Crippen LogP contribution in [0, 0.1) is 0 Å². The van der Waals surface area contributed by atoms with Gasteiger partial charge in [-0.2, -0.15) is 0 Å². The van der Waals surface area contributed by atoms with E-state index in [0.717, 1.165) is 23.5 Å². The molecule has 0 radical (unpaired) electrons. The van der Waals surface area contributed by atoms with Gasteiger partial charge in [0.05, 0.1) is 7.11 Å². The van der Waals surface area contributed by atoms with Crippen molar-refractivity contribution >= 4 is 0 Å². The third kappa shape index (κ3) is 4.87. The third-order valence-electron chi connectivity index (χ3n) is 4.48. The summed E-state index contributed by atoms with van der Waals surface area (Å²) in [5, 5.41) is 0. The highest BCUT2D eigenvalue weighted by molar-refractivity contribution is 5.34. The summed E-state index contributed by atoms with van der Waals surface area (Å²) >= 11 is 0. The Labute approximate surface area is 155 Å². The Kier molecular flexibility index (Phi) is 6.29. The zero-order chi connectivity index (χ0) is 18.2. The molecule has 0 saturated carbocycles. The summed E-state index contributed by atoms with van der Waals surface area (Å²) in [6.07, 6.45) is 0.871. The van der Waals surface area contributed by atoms with Crippen molar-refractivity contribution < 1.29 is 9.47 Å². The Morgan fingerprint density at radius 2 is 1.54 bits per heavy atom. The number of hydrogen-bond acceptors (Lipinski definition) is 3. The van der Waals surface area contributed by atoms with E-state index in [-0.39, 0.29) is 5.92 Å². The lowest BCUT2D eigenvalue weighted by Crippen LogP contribution is -2.15. The van der Waals surface area contributed by atoms with E-state index in [1.54, 1.807) is 7.11 Å². The van der Waals surface area contributed by atoms with E-state index in [4.69, 9.17) is 15.2 Å². The number of ether oxygens (including phenoxy) is 2. The number of methoxy groups -OCH3 is 1. The molecule has 0 aliphatic carbocycles. The first-order chi connectivity index (χ1) is 12.8. The molecule has 0 aliphatic rings. The first kappa shape index (κ1) is 18.0. The molecule has 26 heavy (non-hydrogen) atoms. The Hall–Kier alpha value is -2.78. The molecule has 0 saturated heterocycles. The van der Waals surface area contributed by atoms with Crippen LogP contribution in [0.3, 0.4) is 0 Å². The fraction of sp³-hybridized carbons (Fsp3) is 0.217. The predicted octanol–water partition coefficient (Wildman–Crippen LogP) is 4.56. The Bertz CT molecular complexity index is 817. The standard InChI is InChI=1S/C23H25NO2/c1-25-22-11-5-9-19(14-22)13-21(16-24)20-10-6-12-23(15-20)26-17-18-7-3-2-4-8-18/h2-12,14-15,21H,13,16-17,24H2,1H3. The smallest absolute Gasteiger partial charge is 0.120 e. The van der Waals surface area contributed by atoms with E-state index in [0.29, 0.717) is 13.2 Å². The van der Waals surface area contributed by atoms with Crippen LogP contribution < -0.4 is 15.2 Å². The van der Waals surface area contributed by atoms with Gasteiger partial charge in [-0.3, -0.25) is 0 Å². The summed E-state index contributed by atoms with van der Waals surface area (Å²) < 4.78 is 11.3. The molecule has 3 heteroatoms. The van der Waals surface area contributed by atoms with Crippen LogP contribution in [-0.4, -0.2) is 13.7 Å². The fourth-order valence-corrected chi connectivity index (χ4v) is 3.02. The van der Waals surface area contributed by atoms with Crippen LogP contribution in [0.25, 0.3) is 0 Å². The summed E-state index contributed by atoms with van der Waals surface area (Å²) in [6.45, 7) is 1.15. The van der Waals surface area contributed by atoms with Gasteiger partial charge in [-0.1, -0.05) is 54.6 Å². The summed E-state index contributed by atoms with van der Waals surface area (Å²) in [5.41, 5.74) is 9.64. The minimum absolute atomic E-state index is 0.238. The van der Waals surface area contributed by atoms with Crippen LogP contribution in [0.2, 0.25) is 0 Å². The van der Waals surface area contributed by atoms with Crippen molar-refractivity contribution in [3.63, 3.8) is 0 Å². The van der Waals surface area contributed by atoms with E-state index in [2.05, 4.69) is 36.4 Å². The second-order valence-electron chi connectivity index (χ2n) is 6.34. The molecule has 3 aromatic rings. The zero-order valence-corrected chi connectivity index (χ0v) is 15.1. The molecule has 2 N–H and O–H groups in total. The van der Waals surface area contributed by atoms with Gasteiger partial charge in [0, 0.05) is 5.92 Å². The average Bonchev–Trinajstić information content (AvgIpc) is 2.71. The largest absolute Gasteiger partial charge is 0.497 e. The molecule has 1 atom stereocenters. The van der Waals surface area contributed by atoms with Crippen LogP contribution in [0.5, 0.6) is 11.5 Å². The molecule has 3 aromatic carbocycles. The lowest BCUT2D eigenvalue weighted by Gasteiger charge is -2.17. The summed E-state index contributed by atoms with van der Waals surface area (Å²) in [6, 6.07) is 26.6. The van der Waals surface area contributed by atoms with Gasteiger partial charge in [0.25, 0.3) is 0 Å². The third-order valence-corrected chi connectivity index (χ3v) is 4.48. The van der Waals surface area contributed by atoms with Crippen molar-refractivity contribution in [2.24, 2.45) is 5.73 Å². The first-order valence-electron chi connectivity index (χ1n) is 8.88. The molecule has 134 valence electrons. The SMILES string of the molecule is COc1cccc(CC(CN)c2cccc(OCc3ccccc3)c2)c1. The minimum Gasteiger partial charge on any atom is -0.497 e. The second-order valence-corrected chi connectivity index (χ2v) is 6.34.